The van der Waals surface area contributed by atoms with E-state index in [4.69, 9.17) is 9.26 Å². The average Bonchev–Trinajstić information content (AvgIpc) is 3.49. The molecule has 1 aromatic carbocycles. The summed E-state index contributed by atoms with van der Waals surface area (Å²) >= 11 is 0. The Labute approximate surface area is 174 Å². The molecule has 7 heteroatoms. The highest BCUT2D eigenvalue weighted by molar-refractivity contribution is 6.04. The molecule has 0 unspecified atom stereocenters. The zero-order valence-electron chi connectivity index (χ0n) is 17.6. The number of anilines is 1. The number of hydrogen-bond acceptors (Lipinski definition) is 6. The fourth-order valence-corrected chi connectivity index (χ4v) is 3.32. The van der Waals surface area contributed by atoms with Crippen LogP contribution in [0.4, 0.5) is 5.69 Å². The quantitative estimate of drug-likeness (QED) is 0.626. The summed E-state index contributed by atoms with van der Waals surface area (Å²) in [4.78, 5) is 29.4. The van der Waals surface area contributed by atoms with Crippen LogP contribution < -0.4 is 5.32 Å². The first-order valence-electron chi connectivity index (χ1n) is 10.1. The third-order valence-corrected chi connectivity index (χ3v) is 5.22. The van der Waals surface area contributed by atoms with Gasteiger partial charge in [-0.1, -0.05) is 38.1 Å². The highest BCUT2D eigenvalue weighted by Crippen LogP contribution is 2.40. The monoisotopic (exact) mass is 407 g/mol. The zero-order valence-corrected chi connectivity index (χ0v) is 17.6. The first-order valence-corrected chi connectivity index (χ1v) is 10.1. The van der Waals surface area contributed by atoms with Crippen molar-refractivity contribution in [3.8, 4) is 0 Å². The second-order valence-corrected chi connectivity index (χ2v) is 8.77. The second kappa shape index (κ2) is 7.55. The van der Waals surface area contributed by atoms with E-state index in [1.807, 2.05) is 24.3 Å². The maximum atomic E-state index is 12.7. The van der Waals surface area contributed by atoms with E-state index in [1.165, 1.54) is 5.56 Å². The Morgan fingerprint density at radius 3 is 2.53 bits per heavy atom. The molecule has 3 aromatic rings. The molecule has 1 saturated carbocycles. The molecular weight excluding hydrogens is 382 g/mol. The SMILES string of the molecule is Cc1noc2nc(C3CC3)cc(C(=O)OCC(=O)Nc3ccc(C(C)(C)C)cc3)c12. The van der Waals surface area contributed by atoms with Gasteiger partial charge in [0.2, 0.25) is 0 Å². The van der Waals surface area contributed by atoms with Gasteiger partial charge in [0.1, 0.15) is 0 Å². The van der Waals surface area contributed by atoms with Crippen LogP contribution in [0, 0.1) is 6.92 Å². The number of hydrogen-bond donors (Lipinski definition) is 1. The van der Waals surface area contributed by atoms with E-state index in [1.54, 1.807) is 13.0 Å². The van der Waals surface area contributed by atoms with E-state index in [9.17, 15) is 9.59 Å². The van der Waals surface area contributed by atoms with Gasteiger partial charge in [-0.25, -0.2) is 9.78 Å². The molecule has 1 aliphatic rings. The van der Waals surface area contributed by atoms with Crippen molar-refractivity contribution in [2.45, 2.75) is 51.9 Å². The molecule has 1 amide bonds. The van der Waals surface area contributed by atoms with Crippen LogP contribution in [0.5, 0.6) is 0 Å². The van der Waals surface area contributed by atoms with Crippen molar-refractivity contribution in [3.05, 3.63) is 52.8 Å². The third-order valence-electron chi connectivity index (χ3n) is 5.22. The summed E-state index contributed by atoms with van der Waals surface area (Å²) in [6.45, 7) is 7.74. The summed E-state index contributed by atoms with van der Waals surface area (Å²) in [5, 5.41) is 7.19. The number of carbonyl (C=O) groups is 2. The number of ether oxygens (including phenoxy) is 1. The molecule has 0 aliphatic heterocycles. The van der Waals surface area contributed by atoms with Crippen LogP contribution in [0.2, 0.25) is 0 Å². The van der Waals surface area contributed by atoms with Gasteiger partial charge in [-0.3, -0.25) is 4.79 Å². The lowest BCUT2D eigenvalue weighted by Gasteiger charge is -2.19. The smallest absolute Gasteiger partial charge is 0.339 e. The fourth-order valence-electron chi connectivity index (χ4n) is 3.32. The second-order valence-electron chi connectivity index (χ2n) is 8.77. The number of aromatic nitrogens is 2. The third kappa shape index (κ3) is 4.20. The van der Waals surface area contributed by atoms with E-state index >= 15 is 0 Å². The molecule has 0 atom stereocenters. The fraction of sp³-hybridized carbons (Fsp3) is 0.391. The lowest BCUT2D eigenvalue weighted by atomic mass is 9.87. The molecule has 0 saturated heterocycles. The number of pyridine rings is 1. The van der Waals surface area contributed by atoms with Crippen molar-refractivity contribution in [1.29, 1.82) is 0 Å². The van der Waals surface area contributed by atoms with Gasteiger partial charge in [0, 0.05) is 17.3 Å². The molecule has 4 rings (SSSR count). The standard InChI is InChI=1S/C23H25N3O4/c1-13-20-17(11-18(14-5-6-14)25-21(20)30-26-13)22(28)29-12-19(27)24-16-9-7-15(8-10-16)23(2,3)4/h7-11,14H,5-6,12H2,1-4H3,(H,24,27). The van der Waals surface area contributed by atoms with Gasteiger partial charge >= 0.3 is 5.97 Å². The van der Waals surface area contributed by atoms with Crippen LogP contribution in [-0.2, 0) is 14.9 Å². The van der Waals surface area contributed by atoms with Crippen LogP contribution in [0.15, 0.2) is 34.9 Å². The van der Waals surface area contributed by atoms with Gasteiger partial charge in [-0.2, -0.15) is 0 Å². The van der Waals surface area contributed by atoms with E-state index in [-0.39, 0.29) is 12.0 Å². The summed E-state index contributed by atoms with van der Waals surface area (Å²) in [7, 11) is 0. The predicted octanol–water partition coefficient (Wildman–Crippen LogP) is 4.50. The molecule has 0 radical (unpaired) electrons. The zero-order chi connectivity index (χ0) is 21.5. The average molecular weight is 407 g/mol. The Bertz CT molecular complexity index is 1110. The van der Waals surface area contributed by atoms with Crippen LogP contribution in [0.3, 0.4) is 0 Å². The molecule has 30 heavy (non-hydrogen) atoms. The number of aryl methyl sites for hydroxylation is 1. The van der Waals surface area contributed by atoms with E-state index in [0.717, 1.165) is 18.5 Å². The minimum Gasteiger partial charge on any atom is -0.452 e. The number of carbonyl (C=O) groups excluding carboxylic acids is 2. The van der Waals surface area contributed by atoms with Gasteiger partial charge in [0.15, 0.2) is 6.61 Å². The van der Waals surface area contributed by atoms with Gasteiger partial charge in [-0.05, 0) is 48.9 Å². The largest absolute Gasteiger partial charge is 0.452 e. The number of amides is 1. The Balaban J connectivity index is 1.43. The van der Waals surface area contributed by atoms with Crippen molar-refractivity contribution >= 4 is 28.7 Å². The number of fused-ring (bicyclic) bond motifs is 1. The van der Waals surface area contributed by atoms with Crippen molar-refractivity contribution in [2.24, 2.45) is 0 Å². The van der Waals surface area contributed by atoms with E-state index in [2.05, 4.69) is 36.2 Å². The topological polar surface area (TPSA) is 94.3 Å². The molecule has 7 nitrogen and oxygen atoms in total. The predicted molar refractivity (Wildman–Crippen MR) is 113 cm³/mol. The number of benzene rings is 1. The number of esters is 1. The minimum absolute atomic E-state index is 0.0351. The molecule has 2 heterocycles. The molecular formula is C23H25N3O4. The van der Waals surface area contributed by atoms with E-state index < -0.39 is 11.9 Å². The summed E-state index contributed by atoms with van der Waals surface area (Å²) < 4.78 is 10.5. The van der Waals surface area contributed by atoms with Crippen molar-refractivity contribution in [2.75, 3.05) is 11.9 Å². The first-order chi connectivity index (χ1) is 14.2. The van der Waals surface area contributed by atoms with Crippen molar-refractivity contribution in [3.63, 3.8) is 0 Å². The van der Waals surface area contributed by atoms with Gasteiger partial charge in [0.25, 0.3) is 11.6 Å². The van der Waals surface area contributed by atoms with Crippen LogP contribution in [0.1, 0.15) is 66.8 Å². The lowest BCUT2D eigenvalue weighted by molar-refractivity contribution is -0.119. The van der Waals surface area contributed by atoms with Gasteiger partial charge in [0.05, 0.1) is 16.6 Å². The van der Waals surface area contributed by atoms with Crippen molar-refractivity contribution < 1.29 is 18.8 Å². The summed E-state index contributed by atoms with van der Waals surface area (Å²) in [6, 6.07) is 9.37. The summed E-state index contributed by atoms with van der Waals surface area (Å²) in [5.41, 5.74) is 3.89. The number of rotatable bonds is 5. The normalized spacial score (nSPS) is 14.0. The Kier molecular flexibility index (Phi) is 5.05. The Morgan fingerprint density at radius 1 is 1.20 bits per heavy atom. The maximum Gasteiger partial charge on any atom is 0.339 e. The molecule has 1 aliphatic carbocycles. The number of nitrogens with one attached hydrogen (secondary N) is 1. The summed E-state index contributed by atoms with van der Waals surface area (Å²) in [5.74, 6) is -0.652. The summed E-state index contributed by atoms with van der Waals surface area (Å²) in [6.07, 6.45) is 2.08. The molecule has 0 spiro atoms. The van der Waals surface area contributed by atoms with Crippen molar-refractivity contribution in [1.82, 2.24) is 10.1 Å². The first kappa shape index (κ1) is 20.1. The maximum absolute atomic E-state index is 12.7. The van der Waals surface area contributed by atoms with Crippen LogP contribution >= 0.6 is 0 Å². The molecule has 1 N–H and O–H groups in total. The molecule has 156 valence electrons. The minimum atomic E-state index is -0.589. The van der Waals surface area contributed by atoms with E-state index in [0.29, 0.717) is 34.0 Å². The molecule has 1 fully saturated rings. The highest BCUT2D eigenvalue weighted by Gasteiger charge is 2.29. The van der Waals surface area contributed by atoms with Gasteiger partial charge in [-0.15, -0.1) is 0 Å². The molecule has 2 aromatic heterocycles. The lowest BCUT2D eigenvalue weighted by Crippen LogP contribution is -2.21. The number of nitrogens with zero attached hydrogens (tertiary/aromatic N) is 2. The molecule has 0 bridgehead atoms. The Hall–Kier alpha value is -3.22. The van der Waals surface area contributed by atoms with Gasteiger partial charge < -0.3 is 14.6 Å². The van der Waals surface area contributed by atoms with Crippen LogP contribution in [-0.4, -0.2) is 28.6 Å². The Morgan fingerprint density at radius 2 is 1.90 bits per heavy atom. The highest BCUT2D eigenvalue weighted by atomic mass is 16.5. The van der Waals surface area contributed by atoms with Crippen LogP contribution in [0.25, 0.3) is 11.1 Å².